The van der Waals surface area contributed by atoms with Crippen LogP contribution in [0, 0.1) is 0 Å². The summed E-state index contributed by atoms with van der Waals surface area (Å²) in [6.07, 6.45) is 10.6. The molecular weight excluding hydrogens is 300 g/mol. The van der Waals surface area contributed by atoms with Crippen LogP contribution in [0.5, 0.6) is 0 Å². The van der Waals surface area contributed by atoms with Gasteiger partial charge in [0, 0.05) is 0 Å². The van der Waals surface area contributed by atoms with Gasteiger partial charge < -0.3 is 0 Å². The maximum atomic E-state index is 2.17. The van der Waals surface area contributed by atoms with Crippen molar-refractivity contribution in [2.45, 2.75) is 6.92 Å². The first-order valence-corrected chi connectivity index (χ1v) is 8.59. The van der Waals surface area contributed by atoms with E-state index in [1.165, 1.54) is 27.8 Å². The summed E-state index contributed by atoms with van der Waals surface area (Å²) in [5, 5.41) is 0. The van der Waals surface area contributed by atoms with Crippen LogP contribution in [0.15, 0.2) is 109 Å². The van der Waals surface area contributed by atoms with Crippen molar-refractivity contribution in [2.75, 3.05) is 0 Å². The summed E-state index contributed by atoms with van der Waals surface area (Å²) in [5.74, 6) is 0. The zero-order valence-electron chi connectivity index (χ0n) is 14.5. The van der Waals surface area contributed by atoms with Crippen LogP contribution in [0.4, 0.5) is 0 Å². The molecule has 0 nitrogen and oxygen atoms in total. The van der Waals surface area contributed by atoms with E-state index < -0.39 is 0 Å². The number of benzene rings is 3. The SMILES string of the molecule is C/C=C/C=C(\C=C/c1ccc(-c2ccccc2)cc1)c1ccccc1. The molecule has 0 heterocycles. The van der Waals surface area contributed by atoms with E-state index in [4.69, 9.17) is 0 Å². The predicted molar refractivity (Wildman–Crippen MR) is 110 cm³/mol. The average Bonchev–Trinajstić information content (AvgIpc) is 2.70. The summed E-state index contributed by atoms with van der Waals surface area (Å²) >= 11 is 0. The van der Waals surface area contributed by atoms with Gasteiger partial charge in [0.25, 0.3) is 0 Å². The molecule has 0 aromatic heterocycles. The van der Waals surface area contributed by atoms with Crippen LogP contribution in [-0.4, -0.2) is 0 Å². The Bertz CT molecular complexity index is 864. The highest BCUT2D eigenvalue weighted by molar-refractivity contribution is 5.80. The molecule has 0 saturated carbocycles. The lowest BCUT2D eigenvalue weighted by molar-refractivity contribution is 1.59. The lowest BCUT2D eigenvalue weighted by Crippen LogP contribution is -1.81. The van der Waals surface area contributed by atoms with Crippen LogP contribution in [-0.2, 0) is 0 Å². The summed E-state index contributed by atoms with van der Waals surface area (Å²) in [6, 6.07) is 29.6. The molecule has 0 N–H and O–H groups in total. The molecule has 122 valence electrons. The van der Waals surface area contributed by atoms with Crippen LogP contribution >= 0.6 is 0 Å². The van der Waals surface area contributed by atoms with Crippen molar-refractivity contribution in [2.24, 2.45) is 0 Å². The first-order valence-electron chi connectivity index (χ1n) is 8.59. The van der Waals surface area contributed by atoms with Gasteiger partial charge in [0.1, 0.15) is 0 Å². The summed E-state index contributed by atoms with van der Waals surface area (Å²) in [5.41, 5.74) is 6.10. The molecule has 3 rings (SSSR count). The Morgan fingerprint density at radius 2 is 1.28 bits per heavy atom. The third kappa shape index (κ3) is 4.68. The fourth-order valence-electron chi connectivity index (χ4n) is 2.68. The number of hydrogen-bond donors (Lipinski definition) is 0. The molecular formula is C25H22. The normalized spacial score (nSPS) is 12.1. The van der Waals surface area contributed by atoms with E-state index in [9.17, 15) is 0 Å². The molecule has 0 radical (unpaired) electrons. The van der Waals surface area contributed by atoms with E-state index in [0.717, 1.165) is 0 Å². The van der Waals surface area contributed by atoms with Crippen LogP contribution < -0.4 is 0 Å². The fourth-order valence-corrected chi connectivity index (χ4v) is 2.68. The first-order chi connectivity index (χ1) is 12.4. The topological polar surface area (TPSA) is 0 Å². The molecule has 0 bridgehead atoms. The van der Waals surface area contributed by atoms with E-state index in [1.54, 1.807) is 0 Å². The van der Waals surface area contributed by atoms with Crippen LogP contribution in [0.2, 0.25) is 0 Å². The molecule has 25 heavy (non-hydrogen) atoms. The Labute approximate surface area is 150 Å². The van der Waals surface area contributed by atoms with E-state index >= 15 is 0 Å². The van der Waals surface area contributed by atoms with Crippen molar-refractivity contribution in [3.63, 3.8) is 0 Å². The maximum Gasteiger partial charge on any atom is -0.0184 e. The largest absolute Gasteiger partial charge is 0.0876 e. The number of rotatable bonds is 5. The molecule has 0 amide bonds. The second kappa shape index (κ2) is 8.65. The lowest BCUT2D eigenvalue weighted by Gasteiger charge is -2.03. The second-order valence-electron chi connectivity index (χ2n) is 5.84. The standard InChI is InChI=1S/C25H22/c1-2-3-10-24(22-11-6-4-7-12-22)18-15-21-16-19-25(20-17-21)23-13-8-5-9-14-23/h2-20H,1H3/b3-2+,18-15-,24-10+. The Morgan fingerprint density at radius 3 is 1.92 bits per heavy atom. The van der Waals surface area contributed by atoms with Crippen molar-refractivity contribution in [3.8, 4) is 11.1 Å². The average molecular weight is 322 g/mol. The maximum absolute atomic E-state index is 2.17. The Balaban J connectivity index is 1.82. The molecule has 0 atom stereocenters. The first kappa shape index (κ1) is 16.7. The van der Waals surface area contributed by atoms with E-state index in [-0.39, 0.29) is 0 Å². The molecule has 0 aliphatic rings. The van der Waals surface area contributed by atoms with Crippen LogP contribution in [0.3, 0.4) is 0 Å². The lowest BCUT2D eigenvalue weighted by atomic mass is 10.0. The molecule has 0 spiro atoms. The molecule has 3 aromatic carbocycles. The van der Waals surface area contributed by atoms with Crippen molar-refractivity contribution < 1.29 is 0 Å². The third-order valence-electron chi connectivity index (χ3n) is 4.05. The van der Waals surface area contributed by atoms with Crippen LogP contribution in [0.1, 0.15) is 18.1 Å². The van der Waals surface area contributed by atoms with Gasteiger partial charge in [0.2, 0.25) is 0 Å². The highest BCUT2D eigenvalue weighted by Crippen LogP contribution is 2.21. The van der Waals surface area contributed by atoms with E-state index in [1.807, 2.05) is 25.1 Å². The second-order valence-corrected chi connectivity index (χ2v) is 5.84. The molecule has 0 fully saturated rings. The smallest absolute Gasteiger partial charge is 0.0184 e. The van der Waals surface area contributed by atoms with Crippen molar-refractivity contribution in [3.05, 3.63) is 120 Å². The molecule has 0 aliphatic heterocycles. The summed E-state index contributed by atoms with van der Waals surface area (Å²) in [6.45, 7) is 2.03. The van der Waals surface area contributed by atoms with Gasteiger partial charge in [-0.05, 0) is 34.8 Å². The minimum absolute atomic E-state index is 1.20. The van der Waals surface area contributed by atoms with Gasteiger partial charge in [0.15, 0.2) is 0 Å². The minimum Gasteiger partial charge on any atom is -0.0876 e. The molecule has 0 heteroatoms. The molecule has 0 unspecified atom stereocenters. The summed E-state index contributed by atoms with van der Waals surface area (Å²) in [7, 11) is 0. The Morgan fingerprint density at radius 1 is 0.680 bits per heavy atom. The minimum atomic E-state index is 1.20. The molecule has 3 aromatic rings. The fraction of sp³-hybridized carbons (Fsp3) is 0.0400. The molecule has 0 saturated heterocycles. The van der Waals surface area contributed by atoms with Gasteiger partial charge in [-0.1, -0.05) is 115 Å². The number of hydrogen-bond acceptors (Lipinski definition) is 0. The zero-order valence-corrected chi connectivity index (χ0v) is 14.5. The molecule has 0 aliphatic carbocycles. The summed E-state index contributed by atoms with van der Waals surface area (Å²) in [4.78, 5) is 0. The predicted octanol–water partition coefficient (Wildman–Crippen LogP) is 7.03. The Kier molecular flexibility index (Phi) is 5.79. The number of allylic oxidation sites excluding steroid dienone is 5. The van der Waals surface area contributed by atoms with Crippen molar-refractivity contribution in [1.29, 1.82) is 0 Å². The van der Waals surface area contributed by atoms with Crippen LogP contribution in [0.25, 0.3) is 22.8 Å². The summed E-state index contributed by atoms with van der Waals surface area (Å²) < 4.78 is 0. The van der Waals surface area contributed by atoms with Gasteiger partial charge in [-0.3, -0.25) is 0 Å². The van der Waals surface area contributed by atoms with Crippen molar-refractivity contribution >= 4 is 11.6 Å². The van der Waals surface area contributed by atoms with E-state index in [2.05, 4.69) is 97.1 Å². The third-order valence-corrected chi connectivity index (χ3v) is 4.05. The highest BCUT2D eigenvalue weighted by atomic mass is 14.0. The van der Waals surface area contributed by atoms with Gasteiger partial charge in [0.05, 0.1) is 0 Å². The van der Waals surface area contributed by atoms with Crippen molar-refractivity contribution in [1.82, 2.24) is 0 Å². The Hall–Kier alpha value is -3.12. The zero-order chi connectivity index (χ0) is 17.3. The quantitative estimate of drug-likeness (QED) is 0.442. The highest BCUT2D eigenvalue weighted by Gasteiger charge is 1.98. The van der Waals surface area contributed by atoms with E-state index in [0.29, 0.717) is 0 Å². The van der Waals surface area contributed by atoms with Gasteiger partial charge in [-0.15, -0.1) is 0 Å². The van der Waals surface area contributed by atoms with Gasteiger partial charge >= 0.3 is 0 Å². The monoisotopic (exact) mass is 322 g/mol. The van der Waals surface area contributed by atoms with Gasteiger partial charge in [-0.25, -0.2) is 0 Å². The van der Waals surface area contributed by atoms with Gasteiger partial charge in [-0.2, -0.15) is 0 Å².